The van der Waals surface area contributed by atoms with E-state index in [0.717, 1.165) is 10.8 Å². The van der Waals surface area contributed by atoms with E-state index in [9.17, 15) is 13.6 Å². The minimum Gasteiger partial charge on any atom is -0.435 e. The summed E-state index contributed by atoms with van der Waals surface area (Å²) in [5.74, 6) is 0.00207. The number of urea groups is 1. The first-order chi connectivity index (χ1) is 13.6. The number of benzene rings is 2. The number of hydrogen-bond acceptors (Lipinski definition) is 3. The molecule has 8 heteroatoms. The van der Waals surface area contributed by atoms with Gasteiger partial charge in [-0.1, -0.05) is 24.3 Å². The van der Waals surface area contributed by atoms with Gasteiger partial charge in [-0.3, -0.25) is 14.7 Å². The lowest BCUT2D eigenvalue weighted by Crippen LogP contribution is -2.34. The number of anilines is 2. The summed E-state index contributed by atoms with van der Waals surface area (Å²) in [5.41, 5.74) is 1.06. The molecule has 1 fully saturated rings. The molecule has 140 valence electrons. The van der Waals surface area contributed by atoms with Gasteiger partial charge in [-0.2, -0.15) is 8.78 Å². The number of carbonyl (C=O) groups is 1. The average molecular weight is 380 g/mol. The molecule has 1 saturated heterocycles. The van der Waals surface area contributed by atoms with Gasteiger partial charge >= 0.3 is 18.8 Å². The molecule has 0 radical (unpaired) electrons. The molecule has 3 aromatic rings. The van der Waals surface area contributed by atoms with Gasteiger partial charge in [0.15, 0.2) is 0 Å². The smallest absolute Gasteiger partial charge is 0.387 e. The van der Waals surface area contributed by atoms with Crippen molar-refractivity contribution in [2.75, 3.05) is 16.3 Å². The van der Waals surface area contributed by atoms with Crippen LogP contribution in [0.3, 0.4) is 0 Å². The van der Waals surface area contributed by atoms with Crippen LogP contribution in [0.15, 0.2) is 60.9 Å². The Bertz CT molecular complexity index is 1060. The Hall–Kier alpha value is -3.73. The van der Waals surface area contributed by atoms with Crippen LogP contribution in [0.2, 0.25) is 0 Å². The minimum atomic E-state index is -2.92. The molecule has 2 amide bonds. The molecule has 1 aliphatic heterocycles. The quantitative estimate of drug-likeness (QED) is 0.625. The highest BCUT2D eigenvalue weighted by molar-refractivity contribution is 6.11. The highest BCUT2D eigenvalue weighted by Crippen LogP contribution is 2.34. The predicted octanol–water partition coefficient (Wildman–Crippen LogP) is 4.53. The van der Waals surface area contributed by atoms with Crippen LogP contribution in [0.1, 0.15) is 0 Å². The minimum absolute atomic E-state index is 0.00207. The average Bonchev–Trinajstić information content (AvgIpc) is 3.04. The Balaban J connectivity index is 1.69. The molecule has 1 aliphatic rings. The van der Waals surface area contributed by atoms with Crippen LogP contribution >= 0.6 is 0 Å². The Morgan fingerprint density at radius 3 is 2.61 bits per heavy atom. The van der Waals surface area contributed by atoms with E-state index < -0.39 is 12.8 Å². The maximum atomic E-state index is 13.1. The number of rotatable bonds is 4. The maximum Gasteiger partial charge on any atom is 0.387 e. The van der Waals surface area contributed by atoms with Crippen LogP contribution in [0.4, 0.5) is 25.0 Å². The Morgan fingerprint density at radius 2 is 1.89 bits per heavy atom. The fourth-order valence-corrected chi connectivity index (χ4v) is 3.26. The van der Waals surface area contributed by atoms with E-state index in [-0.39, 0.29) is 18.3 Å². The zero-order valence-electron chi connectivity index (χ0n) is 14.5. The molecule has 2 heterocycles. The Kier molecular flexibility index (Phi) is 4.49. The maximum absolute atomic E-state index is 13.1. The van der Waals surface area contributed by atoms with E-state index in [1.165, 1.54) is 34.1 Å². The number of fused-ring (bicyclic) bond motifs is 1. The molecule has 0 N–H and O–H groups in total. The number of carbonyl (C=O) groups excluding carboxylic acids is 1. The lowest BCUT2D eigenvalue weighted by Gasteiger charge is -2.19. The number of alkyl halides is 2. The van der Waals surface area contributed by atoms with Crippen LogP contribution in [0.25, 0.3) is 15.6 Å². The van der Waals surface area contributed by atoms with Crippen molar-refractivity contribution < 1.29 is 18.3 Å². The normalized spacial score (nSPS) is 16.6. The lowest BCUT2D eigenvalue weighted by molar-refractivity contribution is -0.0498. The summed E-state index contributed by atoms with van der Waals surface area (Å²) >= 11 is 0. The van der Waals surface area contributed by atoms with Crippen molar-refractivity contribution in [3.8, 4) is 5.75 Å². The summed E-state index contributed by atoms with van der Waals surface area (Å²) in [6, 6.07) is 12.9. The van der Waals surface area contributed by atoms with Gasteiger partial charge in [0.2, 0.25) is 0 Å². The molecule has 0 bridgehead atoms. The third-order valence-corrected chi connectivity index (χ3v) is 4.51. The van der Waals surface area contributed by atoms with Gasteiger partial charge in [-0.15, -0.1) is 0 Å². The Morgan fingerprint density at radius 1 is 1.14 bits per heavy atom. The highest BCUT2D eigenvalue weighted by Gasteiger charge is 2.44. The number of ether oxygens (including phenoxy) is 1. The second kappa shape index (κ2) is 7.12. The van der Waals surface area contributed by atoms with Gasteiger partial charge < -0.3 is 4.74 Å². The Labute approximate surface area is 159 Å². The molecule has 4 rings (SSSR count). The largest absolute Gasteiger partial charge is 0.435 e. The van der Waals surface area contributed by atoms with Crippen molar-refractivity contribution >= 4 is 28.2 Å². The predicted molar refractivity (Wildman–Crippen MR) is 100 cm³/mol. The SMILES string of the molecule is [C-]#[N+][C@H]1CN(c2ccc(OC(F)F)cc2)C(=O)N1c1cncc2ccccc12. The van der Waals surface area contributed by atoms with Crippen LogP contribution in [-0.4, -0.2) is 30.3 Å². The van der Waals surface area contributed by atoms with E-state index in [1.807, 2.05) is 24.3 Å². The van der Waals surface area contributed by atoms with Crippen molar-refractivity contribution in [3.05, 3.63) is 72.3 Å². The first-order valence-electron chi connectivity index (χ1n) is 8.43. The monoisotopic (exact) mass is 380 g/mol. The first kappa shape index (κ1) is 17.7. The summed E-state index contributed by atoms with van der Waals surface area (Å²) in [6.07, 6.45) is 2.55. The van der Waals surface area contributed by atoms with Gasteiger partial charge in [-0.25, -0.2) is 16.3 Å². The number of amides is 2. The number of halogens is 2. The zero-order chi connectivity index (χ0) is 19.7. The number of pyridine rings is 1. The van der Waals surface area contributed by atoms with E-state index in [0.29, 0.717) is 11.4 Å². The second-order valence-corrected chi connectivity index (χ2v) is 6.13. The summed E-state index contributed by atoms with van der Waals surface area (Å²) in [5, 5.41) is 1.69. The topological polar surface area (TPSA) is 50.0 Å². The van der Waals surface area contributed by atoms with Crippen LogP contribution < -0.4 is 14.5 Å². The van der Waals surface area contributed by atoms with Crippen molar-refractivity contribution in [2.45, 2.75) is 12.8 Å². The van der Waals surface area contributed by atoms with Crippen LogP contribution in [-0.2, 0) is 0 Å². The molecule has 2 aromatic carbocycles. The third-order valence-electron chi connectivity index (χ3n) is 4.51. The molecular weight excluding hydrogens is 366 g/mol. The first-order valence-corrected chi connectivity index (χ1v) is 8.43. The van der Waals surface area contributed by atoms with Crippen molar-refractivity contribution in [3.63, 3.8) is 0 Å². The van der Waals surface area contributed by atoms with E-state index in [4.69, 9.17) is 6.57 Å². The van der Waals surface area contributed by atoms with Gasteiger partial charge in [0, 0.05) is 22.7 Å². The van der Waals surface area contributed by atoms with Crippen LogP contribution in [0.5, 0.6) is 5.75 Å². The lowest BCUT2D eigenvalue weighted by atomic mass is 10.1. The third kappa shape index (κ3) is 3.07. The van der Waals surface area contributed by atoms with Gasteiger partial charge in [0.1, 0.15) is 12.3 Å². The summed E-state index contributed by atoms with van der Waals surface area (Å²) in [6.45, 7) is 4.76. The molecule has 28 heavy (non-hydrogen) atoms. The molecule has 1 aromatic heterocycles. The molecule has 6 nitrogen and oxygen atoms in total. The summed E-state index contributed by atoms with van der Waals surface area (Å²) in [4.78, 5) is 23.8. The second-order valence-electron chi connectivity index (χ2n) is 6.13. The number of nitrogens with zero attached hydrogens (tertiary/aromatic N) is 4. The summed E-state index contributed by atoms with van der Waals surface area (Å²) in [7, 11) is 0. The highest BCUT2D eigenvalue weighted by atomic mass is 19.3. The van der Waals surface area contributed by atoms with Crippen LogP contribution in [0, 0.1) is 6.57 Å². The number of hydrogen-bond donors (Lipinski definition) is 0. The van der Waals surface area contributed by atoms with Crippen molar-refractivity contribution in [2.24, 2.45) is 0 Å². The molecule has 1 atom stereocenters. The molecule has 0 spiro atoms. The molecule has 0 aliphatic carbocycles. The molecule has 0 unspecified atom stereocenters. The molecule has 0 saturated carbocycles. The van der Waals surface area contributed by atoms with Crippen molar-refractivity contribution in [1.29, 1.82) is 0 Å². The fourth-order valence-electron chi connectivity index (χ4n) is 3.26. The van der Waals surface area contributed by atoms with Gasteiger partial charge in [-0.05, 0) is 24.3 Å². The fraction of sp³-hybridized carbons (Fsp3) is 0.150. The summed E-state index contributed by atoms with van der Waals surface area (Å²) < 4.78 is 29.0. The van der Waals surface area contributed by atoms with E-state index >= 15 is 0 Å². The van der Waals surface area contributed by atoms with Crippen molar-refractivity contribution in [1.82, 2.24) is 4.98 Å². The molecular formula is C20H14F2N4O2. The van der Waals surface area contributed by atoms with Gasteiger partial charge in [0.05, 0.1) is 11.9 Å². The van der Waals surface area contributed by atoms with Gasteiger partial charge in [0.25, 0.3) is 0 Å². The zero-order valence-corrected chi connectivity index (χ0v) is 14.5. The standard InChI is InChI=1S/C20H14F2N4O2/c1-23-18-12-25(14-6-8-15(9-7-14)28-19(21)22)20(27)26(18)17-11-24-10-13-4-2-3-5-16(13)17/h2-11,18-19H,12H2/t18-/m1/s1. The van der Waals surface area contributed by atoms with E-state index in [2.05, 4.69) is 14.6 Å². The van der Waals surface area contributed by atoms with E-state index in [1.54, 1.807) is 12.4 Å². The number of aromatic nitrogens is 1.